The Hall–Kier alpha value is -0.420. The molecule has 2 aliphatic rings. The molecule has 0 saturated carbocycles. The van der Waals surface area contributed by atoms with Crippen LogP contribution in [0.2, 0.25) is 0 Å². The second kappa shape index (κ2) is 2.54. The van der Waals surface area contributed by atoms with Crippen molar-refractivity contribution in [3.63, 3.8) is 0 Å². The molecule has 0 fully saturated rings. The van der Waals surface area contributed by atoms with Gasteiger partial charge in [-0.3, -0.25) is 4.79 Å². The Labute approximate surface area is 80.7 Å². The summed E-state index contributed by atoms with van der Waals surface area (Å²) in [5.41, 5.74) is 3.07. The van der Waals surface area contributed by atoms with Gasteiger partial charge in [0.25, 0.3) is 0 Å². The molecule has 2 bridgehead atoms. The van der Waals surface area contributed by atoms with E-state index >= 15 is 0 Å². The van der Waals surface area contributed by atoms with Gasteiger partial charge in [-0.25, -0.2) is 0 Å². The van der Waals surface area contributed by atoms with Crippen LogP contribution in [0, 0.1) is 5.41 Å². The molecule has 2 unspecified atom stereocenters. The lowest BCUT2D eigenvalue weighted by molar-refractivity contribution is -0.104. The van der Waals surface area contributed by atoms with Gasteiger partial charge >= 0.3 is 0 Å². The fourth-order valence-corrected chi connectivity index (χ4v) is 5.76. The third-order valence-electron chi connectivity index (χ3n) is 3.86. The van der Waals surface area contributed by atoms with Gasteiger partial charge in [-0.15, -0.1) is 0 Å². The van der Waals surface area contributed by atoms with Gasteiger partial charge in [0.2, 0.25) is 0 Å². The SMILES string of the molecule is CC1=C(C)C2(C)CP1C(C=O)=C2C. The minimum atomic E-state index is -0.230. The van der Waals surface area contributed by atoms with E-state index in [0.717, 1.165) is 11.6 Å². The highest BCUT2D eigenvalue weighted by atomic mass is 31.1. The minimum Gasteiger partial charge on any atom is -0.298 e. The summed E-state index contributed by atoms with van der Waals surface area (Å²) < 4.78 is 0. The van der Waals surface area contributed by atoms with E-state index in [1.54, 1.807) is 0 Å². The van der Waals surface area contributed by atoms with E-state index in [2.05, 4.69) is 27.7 Å². The quantitative estimate of drug-likeness (QED) is 0.462. The van der Waals surface area contributed by atoms with Crippen molar-refractivity contribution >= 4 is 14.2 Å². The monoisotopic (exact) mass is 194 g/mol. The second-order valence-corrected chi connectivity index (χ2v) is 6.58. The predicted octanol–water partition coefficient (Wildman–Crippen LogP) is 3.27. The summed E-state index contributed by atoms with van der Waals surface area (Å²) in [6.45, 7) is 8.83. The molecule has 0 saturated heterocycles. The average molecular weight is 194 g/mol. The maximum atomic E-state index is 10.9. The summed E-state index contributed by atoms with van der Waals surface area (Å²) in [4.78, 5) is 10.9. The van der Waals surface area contributed by atoms with E-state index in [1.807, 2.05) is 0 Å². The van der Waals surface area contributed by atoms with Gasteiger partial charge in [0.05, 0.1) is 0 Å². The van der Waals surface area contributed by atoms with Crippen LogP contribution in [-0.4, -0.2) is 12.4 Å². The zero-order chi connectivity index (χ0) is 9.80. The van der Waals surface area contributed by atoms with Gasteiger partial charge < -0.3 is 0 Å². The van der Waals surface area contributed by atoms with Crippen molar-refractivity contribution in [3.05, 3.63) is 21.8 Å². The molecule has 0 aliphatic carbocycles. The largest absolute Gasteiger partial charge is 0.298 e. The fraction of sp³-hybridized carbons (Fsp3) is 0.545. The Morgan fingerprint density at radius 3 is 2.38 bits per heavy atom. The van der Waals surface area contributed by atoms with Crippen molar-refractivity contribution in [2.24, 2.45) is 5.41 Å². The van der Waals surface area contributed by atoms with Crippen molar-refractivity contribution < 1.29 is 4.79 Å². The maximum absolute atomic E-state index is 10.9. The van der Waals surface area contributed by atoms with Crippen molar-refractivity contribution in [1.82, 2.24) is 0 Å². The number of fused-ring (bicyclic) bond motifs is 2. The number of rotatable bonds is 1. The highest BCUT2D eigenvalue weighted by molar-refractivity contribution is 7.68. The van der Waals surface area contributed by atoms with Crippen LogP contribution in [0.15, 0.2) is 21.8 Å². The Morgan fingerprint density at radius 2 is 1.92 bits per heavy atom. The Bertz CT molecular complexity index is 351. The van der Waals surface area contributed by atoms with Gasteiger partial charge in [-0.05, 0) is 40.2 Å². The fourth-order valence-electron chi connectivity index (χ4n) is 2.46. The van der Waals surface area contributed by atoms with E-state index in [4.69, 9.17) is 0 Å². The maximum Gasteiger partial charge on any atom is 0.150 e. The number of hydrogen-bond donors (Lipinski definition) is 0. The molecular formula is C11H15OP. The summed E-state index contributed by atoms with van der Waals surface area (Å²) in [5, 5.41) is 2.60. The zero-order valence-electron chi connectivity index (χ0n) is 8.64. The van der Waals surface area contributed by atoms with E-state index in [9.17, 15) is 4.79 Å². The molecule has 13 heavy (non-hydrogen) atoms. The van der Waals surface area contributed by atoms with Crippen molar-refractivity contribution in [1.29, 1.82) is 0 Å². The number of aldehydes is 1. The molecule has 2 rings (SSSR count). The first-order valence-electron chi connectivity index (χ1n) is 4.64. The molecule has 0 aromatic rings. The predicted molar refractivity (Wildman–Crippen MR) is 57.0 cm³/mol. The normalized spacial score (nSPS) is 37.7. The van der Waals surface area contributed by atoms with Gasteiger partial charge in [0, 0.05) is 10.7 Å². The van der Waals surface area contributed by atoms with Crippen LogP contribution < -0.4 is 0 Å². The summed E-state index contributed by atoms with van der Waals surface area (Å²) >= 11 is 0. The lowest BCUT2D eigenvalue weighted by Crippen LogP contribution is -2.17. The van der Waals surface area contributed by atoms with E-state index in [1.165, 1.54) is 22.6 Å². The third-order valence-corrected chi connectivity index (χ3v) is 6.98. The molecule has 0 radical (unpaired) electrons. The Kier molecular flexibility index (Phi) is 1.79. The number of allylic oxidation sites excluding steroid dienone is 4. The number of hydrogen-bond acceptors (Lipinski definition) is 1. The first-order chi connectivity index (χ1) is 6.02. The van der Waals surface area contributed by atoms with Crippen LogP contribution in [0.5, 0.6) is 0 Å². The Balaban J connectivity index is 2.58. The molecule has 2 heteroatoms. The van der Waals surface area contributed by atoms with Crippen molar-refractivity contribution in [3.8, 4) is 0 Å². The highest BCUT2D eigenvalue weighted by Crippen LogP contribution is 2.72. The molecule has 1 nitrogen and oxygen atoms in total. The van der Waals surface area contributed by atoms with Crippen LogP contribution in [-0.2, 0) is 4.79 Å². The summed E-state index contributed by atoms with van der Waals surface area (Å²) in [6, 6.07) is 0. The first kappa shape index (κ1) is 9.15. The molecule has 0 aromatic carbocycles. The molecule has 2 heterocycles. The highest BCUT2D eigenvalue weighted by Gasteiger charge is 2.48. The molecule has 0 N–H and O–H groups in total. The smallest absolute Gasteiger partial charge is 0.150 e. The van der Waals surface area contributed by atoms with Crippen LogP contribution in [0.4, 0.5) is 0 Å². The number of carbonyl (C=O) groups excluding carboxylic acids is 1. The molecule has 0 spiro atoms. The lowest BCUT2D eigenvalue weighted by atomic mass is 9.78. The standard InChI is InChI=1S/C11H15OP/c1-7-9(3)13-6-11(7,4)8(2)10(13)5-12/h5H,6H2,1-4H3. The molecule has 2 aliphatic heterocycles. The minimum absolute atomic E-state index is 0.228. The van der Waals surface area contributed by atoms with Gasteiger partial charge in [-0.2, -0.15) is 0 Å². The third kappa shape index (κ3) is 0.889. The van der Waals surface area contributed by atoms with Crippen LogP contribution in [0.25, 0.3) is 0 Å². The first-order valence-corrected chi connectivity index (χ1v) is 6.17. The van der Waals surface area contributed by atoms with Crippen LogP contribution in [0.3, 0.4) is 0 Å². The topological polar surface area (TPSA) is 17.1 Å². The molecular weight excluding hydrogens is 179 g/mol. The van der Waals surface area contributed by atoms with E-state index in [0.29, 0.717) is 0 Å². The van der Waals surface area contributed by atoms with Gasteiger partial charge in [0.15, 0.2) is 6.29 Å². The lowest BCUT2D eigenvalue weighted by Gasteiger charge is -2.26. The van der Waals surface area contributed by atoms with E-state index < -0.39 is 0 Å². The average Bonchev–Trinajstić information content (AvgIpc) is 2.48. The van der Waals surface area contributed by atoms with Gasteiger partial charge in [-0.1, -0.05) is 18.1 Å². The molecule has 2 atom stereocenters. The van der Waals surface area contributed by atoms with Crippen molar-refractivity contribution in [2.45, 2.75) is 27.7 Å². The second-order valence-electron chi connectivity index (χ2n) is 4.26. The Morgan fingerprint density at radius 1 is 1.31 bits per heavy atom. The molecule has 70 valence electrons. The summed E-state index contributed by atoms with van der Waals surface area (Å²) in [5.74, 6) is 0. The van der Waals surface area contributed by atoms with Gasteiger partial charge in [0.1, 0.15) is 0 Å². The zero-order valence-corrected chi connectivity index (χ0v) is 9.53. The summed E-state index contributed by atoms with van der Waals surface area (Å²) in [6.07, 6.45) is 2.28. The van der Waals surface area contributed by atoms with Crippen LogP contribution in [0.1, 0.15) is 27.7 Å². The van der Waals surface area contributed by atoms with Crippen LogP contribution >= 0.6 is 7.92 Å². The van der Waals surface area contributed by atoms with Crippen molar-refractivity contribution in [2.75, 3.05) is 6.16 Å². The summed E-state index contributed by atoms with van der Waals surface area (Å²) in [7, 11) is -0.230. The molecule has 0 aromatic heterocycles. The van der Waals surface area contributed by atoms with E-state index in [-0.39, 0.29) is 13.3 Å². The molecule has 0 amide bonds. The number of carbonyl (C=O) groups is 1.